The molecule has 0 atom stereocenters. The first kappa shape index (κ1) is 15.0. The largest absolute Gasteiger partial charge is 0.493 e. The predicted octanol–water partition coefficient (Wildman–Crippen LogP) is 3.80. The van der Waals surface area contributed by atoms with Crippen LogP contribution in [-0.2, 0) is 0 Å². The molecule has 0 fully saturated rings. The van der Waals surface area contributed by atoms with Crippen molar-refractivity contribution in [2.75, 3.05) is 6.61 Å². The van der Waals surface area contributed by atoms with Gasteiger partial charge in [0.25, 0.3) is 0 Å². The maximum absolute atomic E-state index is 13.3. The van der Waals surface area contributed by atoms with Crippen molar-refractivity contribution in [2.45, 2.75) is 33.1 Å². The van der Waals surface area contributed by atoms with Crippen molar-refractivity contribution in [1.82, 2.24) is 0 Å². The van der Waals surface area contributed by atoms with E-state index in [0.717, 1.165) is 19.3 Å². The highest BCUT2D eigenvalue weighted by atomic mass is 19.1. The van der Waals surface area contributed by atoms with Gasteiger partial charge in [0.2, 0.25) is 0 Å². The second-order valence-corrected chi connectivity index (χ2v) is 5.05. The Labute approximate surface area is 113 Å². The van der Waals surface area contributed by atoms with E-state index >= 15 is 0 Å². The zero-order valence-corrected chi connectivity index (χ0v) is 11.2. The van der Waals surface area contributed by atoms with Crippen LogP contribution in [0.15, 0.2) is 18.2 Å². The summed E-state index contributed by atoms with van der Waals surface area (Å²) in [6, 6.07) is 8.22. The Morgan fingerprint density at radius 3 is 2.58 bits per heavy atom. The fourth-order valence-electron chi connectivity index (χ4n) is 1.59. The lowest BCUT2D eigenvalue weighted by Gasteiger charge is -2.14. The molecule has 0 unspecified atom stereocenters. The fraction of sp³-hybridized carbons (Fsp3) is 0.467. The van der Waals surface area contributed by atoms with E-state index in [2.05, 4.69) is 6.07 Å². The third kappa shape index (κ3) is 4.97. The standard InChI is InChI=1S/C15H17FN2O/c1-15(2,11-18)7-3-4-8-19-13-6-5-12(10-17)14(16)9-13/h5-6,9H,3-4,7-8H2,1-2H3. The van der Waals surface area contributed by atoms with Crippen LogP contribution in [0.5, 0.6) is 5.75 Å². The average Bonchev–Trinajstić information content (AvgIpc) is 2.38. The second-order valence-electron chi connectivity index (χ2n) is 5.05. The molecule has 0 spiro atoms. The van der Waals surface area contributed by atoms with Gasteiger partial charge >= 0.3 is 0 Å². The zero-order valence-electron chi connectivity index (χ0n) is 11.2. The Balaban J connectivity index is 2.33. The van der Waals surface area contributed by atoms with Gasteiger partial charge in [0.1, 0.15) is 17.6 Å². The van der Waals surface area contributed by atoms with Crippen LogP contribution in [0.4, 0.5) is 4.39 Å². The molecule has 1 rings (SSSR count). The lowest BCUT2D eigenvalue weighted by Crippen LogP contribution is -2.08. The van der Waals surface area contributed by atoms with Gasteiger partial charge in [0.05, 0.1) is 23.7 Å². The van der Waals surface area contributed by atoms with Gasteiger partial charge in [-0.1, -0.05) is 0 Å². The normalized spacial score (nSPS) is 10.6. The van der Waals surface area contributed by atoms with Crippen LogP contribution in [0.3, 0.4) is 0 Å². The summed E-state index contributed by atoms with van der Waals surface area (Å²) in [6.45, 7) is 4.29. The van der Waals surface area contributed by atoms with Crippen LogP contribution < -0.4 is 4.74 Å². The molecule has 1 aromatic rings. The number of nitriles is 2. The van der Waals surface area contributed by atoms with E-state index in [0.29, 0.717) is 12.4 Å². The molecule has 4 heteroatoms. The topological polar surface area (TPSA) is 56.8 Å². The van der Waals surface area contributed by atoms with Gasteiger partial charge in [0, 0.05) is 6.07 Å². The lowest BCUT2D eigenvalue weighted by molar-refractivity contribution is 0.293. The molecule has 0 radical (unpaired) electrons. The fourth-order valence-corrected chi connectivity index (χ4v) is 1.59. The first-order chi connectivity index (χ1) is 8.98. The molecule has 19 heavy (non-hydrogen) atoms. The number of hydrogen-bond acceptors (Lipinski definition) is 3. The van der Waals surface area contributed by atoms with Gasteiger partial charge in [-0.15, -0.1) is 0 Å². The van der Waals surface area contributed by atoms with Gasteiger partial charge < -0.3 is 4.74 Å². The van der Waals surface area contributed by atoms with Crippen molar-refractivity contribution in [3.05, 3.63) is 29.6 Å². The molecular formula is C15H17FN2O. The highest BCUT2D eigenvalue weighted by Gasteiger charge is 2.15. The minimum atomic E-state index is -0.564. The number of ether oxygens (including phenoxy) is 1. The molecule has 0 aliphatic carbocycles. The first-order valence-corrected chi connectivity index (χ1v) is 6.22. The smallest absolute Gasteiger partial charge is 0.144 e. The van der Waals surface area contributed by atoms with Crippen molar-refractivity contribution in [1.29, 1.82) is 10.5 Å². The third-order valence-corrected chi connectivity index (χ3v) is 2.83. The SMILES string of the molecule is CC(C)(C#N)CCCCOc1ccc(C#N)c(F)c1. The Morgan fingerprint density at radius 1 is 1.26 bits per heavy atom. The monoisotopic (exact) mass is 260 g/mol. The maximum atomic E-state index is 13.3. The van der Waals surface area contributed by atoms with Crippen LogP contribution in [-0.4, -0.2) is 6.61 Å². The van der Waals surface area contributed by atoms with Gasteiger partial charge in [-0.3, -0.25) is 0 Å². The quantitative estimate of drug-likeness (QED) is 0.731. The summed E-state index contributed by atoms with van der Waals surface area (Å²) >= 11 is 0. The summed E-state index contributed by atoms with van der Waals surface area (Å²) in [7, 11) is 0. The Morgan fingerprint density at radius 2 is 2.00 bits per heavy atom. The molecular weight excluding hydrogens is 243 g/mol. The van der Waals surface area contributed by atoms with Gasteiger partial charge in [0.15, 0.2) is 0 Å². The molecule has 0 saturated heterocycles. The van der Waals surface area contributed by atoms with Crippen LogP contribution >= 0.6 is 0 Å². The molecule has 0 amide bonds. The molecule has 3 nitrogen and oxygen atoms in total. The van der Waals surface area contributed by atoms with Crippen molar-refractivity contribution in [3.63, 3.8) is 0 Å². The van der Waals surface area contributed by atoms with E-state index in [1.54, 1.807) is 12.1 Å². The zero-order chi connectivity index (χ0) is 14.3. The molecule has 0 aliphatic rings. The van der Waals surface area contributed by atoms with Gasteiger partial charge in [-0.2, -0.15) is 10.5 Å². The number of unbranched alkanes of at least 4 members (excludes halogenated alkanes) is 1. The molecule has 0 aliphatic heterocycles. The van der Waals surface area contributed by atoms with Gasteiger partial charge in [-0.05, 0) is 45.2 Å². The summed E-state index contributed by atoms with van der Waals surface area (Å²) in [4.78, 5) is 0. The lowest BCUT2D eigenvalue weighted by atomic mass is 9.89. The van der Waals surface area contributed by atoms with E-state index in [4.69, 9.17) is 15.3 Å². The summed E-state index contributed by atoms with van der Waals surface area (Å²) in [5.74, 6) is -0.137. The van der Waals surface area contributed by atoms with Crippen LogP contribution in [0.1, 0.15) is 38.7 Å². The molecule has 0 saturated carbocycles. The van der Waals surface area contributed by atoms with E-state index < -0.39 is 5.82 Å². The van der Waals surface area contributed by atoms with E-state index in [9.17, 15) is 4.39 Å². The Bertz CT molecular complexity index is 512. The molecule has 1 aromatic carbocycles. The Kier molecular flexibility index (Phi) is 5.33. The average molecular weight is 260 g/mol. The molecule has 0 bridgehead atoms. The molecule has 0 heterocycles. The highest BCUT2D eigenvalue weighted by molar-refractivity contribution is 5.36. The van der Waals surface area contributed by atoms with Crippen LogP contribution in [0.2, 0.25) is 0 Å². The predicted molar refractivity (Wildman–Crippen MR) is 69.9 cm³/mol. The number of rotatable bonds is 6. The Hall–Kier alpha value is -2.07. The summed E-state index contributed by atoms with van der Waals surface area (Å²) in [6.07, 6.45) is 2.51. The van der Waals surface area contributed by atoms with Crippen LogP contribution in [0.25, 0.3) is 0 Å². The first-order valence-electron chi connectivity index (χ1n) is 6.22. The van der Waals surface area contributed by atoms with Gasteiger partial charge in [-0.25, -0.2) is 4.39 Å². The third-order valence-electron chi connectivity index (χ3n) is 2.83. The van der Waals surface area contributed by atoms with Crippen molar-refractivity contribution in [3.8, 4) is 17.9 Å². The minimum absolute atomic E-state index is 0.0168. The van der Waals surface area contributed by atoms with Crippen LogP contribution in [0, 0.1) is 33.9 Å². The van der Waals surface area contributed by atoms with Crippen molar-refractivity contribution in [2.24, 2.45) is 5.41 Å². The van der Waals surface area contributed by atoms with Crippen molar-refractivity contribution >= 4 is 0 Å². The molecule has 0 N–H and O–H groups in total. The maximum Gasteiger partial charge on any atom is 0.144 e. The summed E-state index contributed by atoms with van der Waals surface area (Å²) < 4.78 is 18.7. The number of benzene rings is 1. The number of nitrogens with zero attached hydrogens (tertiary/aromatic N) is 2. The number of halogens is 1. The number of hydrogen-bond donors (Lipinski definition) is 0. The minimum Gasteiger partial charge on any atom is -0.493 e. The van der Waals surface area contributed by atoms with E-state index in [1.807, 2.05) is 13.8 Å². The second kappa shape index (κ2) is 6.75. The summed E-state index contributed by atoms with van der Waals surface area (Å²) in [5.41, 5.74) is -0.288. The molecule has 0 aromatic heterocycles. The highest BCUT2D eigenvalue weighted by Crippen LogP contribution is 2.22. The van der Waals surface area contributed by atoms with Crippen molar-refractivity contribution < 1.29 is 9.13 Å². The van der Waals surface area contributed by atoms with E-state index in [1.165, 1.54) is 12.1 Å². The summed E-state index contributed by atoms with van der Waals surface area (Å²) in [5, 5.41) is 17.5. The van der Waals surface area contributed by atoms with E-state index in [-0.39, 0.29) is 11.0 Å². The molecule has 100 valence electrons.